The number of hydrogen-bond donors (Lipinski definition) is 0. The first-order chi connectivity index (χ1) is 4.22. The minimum absolute atomic E-state index is 0.495. The normalized spacial score (nSPS) is 27.0. The number of rotatable bonds is 0. The first-order valence-electron chi connectivity index (χ1n) is 3.25. The third-order valence-electron chi connectivity index (χ3n) is 1.88. The zero-order valence-corrected chi connectivity index (χ0v) is 5.85. The van der Waals surface area contributed by atoms with Crippen molar-refractivity contribution in [2.45, 2.75) is 13.3 Å². The van der Waals surface area contributed by atoms with E-state index in [0.29, 0.717) is 5.92 Å². The molecule has 0 radical (unpaired) electrons. The van der Waals surface area contributed by atoms with Crippen molar-refractivity contribution in [1.82, 2.24) is 0 Å². The Bertz CT molecular complexity index is 172. The van der Waals surface area contributed by atoms with Crippen LogP contribution in [0.15, 0.2) is 36.5 Å². The first-order valence-corrected chi connectivity index (χ1v) is 3.25. The number of allylic oxidation sites excluding steroid dienone is 4. The molecule has 0 saturated heterocycles. The van der Waals surface area contributed by atoms with Crippen LogP contribution < -0.4 is 0 Å². The second-order valence-corrected chi connectivity index (χ2v) is 2.56. The van der Waals surface area contributed by atoms with Crippen LogP contribution in [0.25, 0.3) is 0 Å². The van der Waals surface area contributed by atoms with Crippen LogP contribution in [0.3, 0.4) is 0 Å². The molecule has 0 aromatic carbocycles. The summed E-state index contributed by atoms with van der Waals surface area (Å²) in [5.41, 5.74) is 2.47. The van der Waals surface area contributed by atoms with Gasteiger partial charge in [0.15, 0.2) is 0 Å². The summed E-state index contributed by atoms with van der Waals surface area (Å²) in [6.07, 6.45) is 5.23. The van der Waals surface area contributed by atoms with Gasteiger partial charge in [-0.3, -0.25) is 0 Å². The zero-order valence-electron chi connectivity index (χ0n) is 5.85. The second kappa shape index (κ2) is 2.22. The van der Waals surface area contributed by atoms with E-state index >= 15 is 0 Å². The van der Waals surface area contributed by atoms with Gasteiger partial charge in [-0.15, -0.1) is 0 Å². The highest BCUT2D eigenvalue weighted by Crippen LogP contribution is 2.25. The van der Waals surface area contributed by atoms with Gasteiger partial charge in [0.1, 0.15) is 0 Å². The lowest BCUT2D eigenvalue weighted by Gasteiger charge is -2.17. The summed E-state index contributed by atoms with van der Waals surface area (Å²) >= 11 is 0. The molecule has 9 heavy (non-hydrogen) atoms. The average molecular weight is 120 g/mol. The maximum atomic E-state index is 3.93. The molecule has 48 valence electrons. The summed E-state index contributed by atoms with van der Waals surface area (Å²) in [7, 11) is 0. The van der Waals surface area contributed by atoms with Crippen molar-refractivity contribution in [1.29, 1.82) is 0 Å². The predicted molar refractivity (Wildman–Crippen MR) is 41.2 cm³/mol. The molecule has 1 aliphatic carbocycles. The van der Waals surface area contributed by atoms with Crippen LogP contribution in [0.4, 0.5) is 0 Å². The molecule has 0 spiro atoms. The molecule has 0 bridgehead atoms. The van der Waals surface area contributed by atoms with E-state index in [0.717, 1.165) is 6.42 Å². The highest BCUT2D eigenvalue weighted by Gasteiger charge is 2.10. The Labute approximate surface area is 56.6 Å². The largest absolute Gasteiger partial charge is 0.0989 e. The van der Waals surface area contributed by atoms with E-state index in [9.17, 15) is 0 Å². The molecule has 0 aromatic heterocycles. The third kappa shape index (κ3) is 1.13. The molecule has 0 heteroatoms. The smallest absolute Gasteiger partial charge is 0.00142 e. The molecule has 0 fully saturated rings. The molecular weight excluding hydrogens is 108 g/mol. The standard InChI is InChI=1S/C9H12/c1-7-5-4-6-8(2)9(7)3/h4-5,9H,1-2,6H2,3H3. The van der Waals surface area contributed by atoms with Gasteiger partial charge in [0.2, 0.25) is 0 Å². The van der Waals surface area contributed by atoms with Crippen molar-refractivity contribution in [2.75, 3.05) is 0 Å². The summed E-state index contributed by atoms with van der Waals surface area (Å²) in [5.74, 6) is 0.495. The maximum Gasteiger partial charge on any atom is 0.00142 e. The Morgan fingerprint density at radius 2 is 2.22 bits per heavy atom. The topological polar surface area (TPSA) is 0 Å². The van der Waals surface area contributed by atoms with Crippen LogP contribution in [0.5, 0.6) is 0 Å². The molecule has 0 saturated carbocycles. The summed E-state index contributed by atoms with van der Waals surface area (Å²) in [5, 5.41) is 0. The molecule has 0 aliphatic heterocycles. The van der Waals surface area contributed by atoms with Crippen LogP contribution >= 0.6 is 0 Å². The van der Waals surface area contributed by atoms with Crippen LogP contribution in [0, 0.1) is 5.92 Å². The predicted octanol–water partition coefficient (Wildman–Crippen LogP) is 2.69. The van der Waals surface area contributed by atoms with Crippen molar-refractivity contribution >= 4 is 0 Å². The lowest BCUT2D eigenvalue weighted by Crippen LogP contribution is -2.02. The quantitative estimate of drug-likeness (QED) is 0.431. The Morgan fingerprint density at radius 3 is 2.67 bits per heavy atom. The summed E-state index contributed by atoms with van der Waals surface area (Å²) < 4.78 is 0. The molecule has 0 heterocycles. The summed E-state index contributed by atoms with van der Waals surface area (Å²) in [4.78, 5) is 0. The molecule has 1 unspecified atom stereocenters. The van der Waals surface area contributed by atoms with Gasteiger partial charge < -0.3 is 0 Å². The highest BCUT2D eigenvalue weighted by molar-refractivity contribution is 5.31. The van der Waals surface area contributed by atoms with E-state index < -0.39 is 0 Å². The fourth-order valence-corrected chi connectivity index (χ4v) is 0.945. The van der Waals surface area contributed by atoms with Gasteiger partial charge >= 0.3 is 0 Å². The van der Waals surface area contributed by atoms with Gasteiger partial charge in [0.25, 0.3) is 0 Å². The van der Waals surface area contributed by atoms with E-state index in [4.69, 9.17) is 0 Å². The van der Waals surface area contributed by atoms with Gasteiger partial charge in [0.05, 0.1) is 0 Å². The Hall–Kier alpha value is -0.780. The molecule has 0 aromatic rings. The SMILES string of the molecule is C=C1C=CCC(=C)C1C. The fraction of sp³-hybridized carbons (Fsp3) is 0.333. The van der Waals surface area contributed by atoms with Crippen LogP contribution in [-0.4, -0.2) is 0 Å². The van der Waals surface area contributed by atoms with Gasteiger partial charge in [0, 0.05) is 5.92 Å². The fourth-order valence-electron chi connectivity index (χ4n) is 0.945. The molecule has 0 nitrogen and oxygen atoms in total. The van der Waals surface area contributed by atoms with E-state index in [2.05, 4.69) is 32.2 Å². The van der Waals surface area contributed by atoms with Crippen molar-refractivity contribution < 1.29 is 0 Å². The Kier molecular flexibility index (Phi) is 1.56. The van der Waals surface area contributed by atoms with Crippen LogP contribution in [0.1, 0.15) is 13.3 Å². The third-order valence-corrected chi connectivity index (χ3v) is 1.88. The molecule has 1 aliphatic rings. The Balaban J connectivity index is 2.81. The maximum absolute atomic E-state index is 3.93. The van der Waals surface area contributed by atoms with Crippen molar-refractivity contribution in [2.24, 2.45) is 5.92 Å². The Morgan fingerprint density at radius 1 is 1.56 bits per heavy atom. The van der Waals surface area contributed by atoms with E-state index in [-0.39, 0.29) is 0 Å². The van der Waals surface area contributed by atoms with Gasteiger partial charge in [-0.05, 0) is 12.0 Å². The molecule has 0 amide bonds. The van der Waals surface area contributed by atoms with E-state index in [1.165, 1.54) is 11.1 Å². The number of hydrogen-bond acceptors (Lipinski definition) is 0. The van der Waals surface area contributed by atoms with E-state index in [1.807, 2.05) is 0 Å². The van der Waals surface area contributed by atoms with Gasteiger partial charge in [-0.25, -0.2) is 0 Å². The minimum Gasteiger partial charge on any atom is -0.0989 e. The lowest BCUT2D eigenvalue weighted by molar-refractivity contribution is 0.786. The van der Waals surface area contributed by atoms with Crippen molar-refractivity contribution in [3.05, 3.63) is 36.5 Å². The lowest BCUT2D eigenvalue weighted by atomic mass is 9.88. The molecular formula is C9H12. The average Bonchev–Trinajstić information content (AvgIpc) is 1.83. The monoisotopic (exact) mass is 120 g/mol. The highest BCUT2D eigenvalue weighted by atomic mass is 14.1. The minimum atomic E-state index is 0.495. The zero-order chi connectivity index (χ0) is 6.85. The van der Waals surface area contributed by atoms with Gasteiger partial charge in [-0.2, -0.15) is 0 Å². The van der Waals surface area contributed by atoms with Crippen molar-refractivity contribution in [3.8, 4) is 0 Å². The van der Waals surface area contributed by atoms with Crippen molar-refractivity contribution in [3.63, 3.8) is 0 Å². The van der Waals surface area contributed by atoms with Crippen LogP contribution in [-0.2, 0) is 0 Å². The molecule has 1 atom stereocenters. The summed E-state index contributed by atoms with van der Waals surface area (Å²) in [6, 6.07) is 0. The summed E-state index contributed by atoms with van der Waals surface area (Å²) in [6.45, 7) is 9.98. The molecule has 1 rings (SSSR count). The second-order valence-electron chi connectivity index (χ2n) is 2.56. The van der Waals surface area contributed by atoms with E-state index in [1.54, 1.807) is 0 Å². The first kappa shape index (κ1) is 6.34. The molecule has 0 N–H and O–H groups in total. The van der Waals surface area contributed by atoms with Crippen LogP contribution in [0.2, 0.25) is 0 Å². The van der Waals surface area contributed by atoms with Gasteiger partial charge in [-0.1, -0.05) is 37.8 Å².